The van der Waals surface area contributed by atoms with Crippen molar-refractivity contribution in [1.82, 2.24) is 0 Å². The van der Waals surface area contributed by atoms with E-state index < -0.39 is 29.8 Å². The van der Waals surface area contributed by atoms with Crippen LogP contribution in [0.2, 0.25) is 0 Å². The van der Waals surface area contributed by atoms with Crippen LogP contribution in [0.5, 0.6) is 5.75 Å². The molecule has 2 atom stereocenters. The zero-order valence-corrected chi connectivity index (χ0v) is 20.3. The molecule has 1 amide bonds. The monoisotopic (exact) mass is 503 g/mol. The fourth-order valence-corrected chi connectivity index (χ4v) is 3.29. The van der Waals surface area contributed by atoms with E-state index in [0.29, 0.717) is 36.8 Å². The van der Waals surface area contributed by atoms with E-state index in [1.54, 1.807) is 43.3 Å². The van der Waals surface area contributed by atoms with Gasteiger partial charge in [-0.15, -0.1) is 0 Å². The van der Waals surface area contributed by atoms with E-state index >= 15 is 0 Å². The summed E-state index contributed by atoms with van der Waals surface area (Å²) in [7, 11) is 0. The fraction of sp³-hybridized carbons (Fsp3) is 0.333. The Morgan fingerprint density at radius 3 is 2.53 bits per heavy atom. The van der Waals surface area contributed by atoms with Crippen molar-refractivity contribution in [2.75, 3.05) is 25.1 Å². The molecule has 2 rings (SSSR count). The minimum atomic E-state index is -0.914. The maximum atomic E-state index is 14.0. The Bertz CT molecular complexity index is 1040. The number of carbonyl (C=O) groups excluding carboxylic acids is 2. The van der Waals surface area contributed by atoms with Gasteiger partial charge < -0.3 is 19.3 Å². The molecule has 0 heterocycles. The summed E-state index contributed by atoms with van der Waals surface area (Å²) in [6.45, 7) is 3.98. The molecule has 2 aromatic carbocycles. The van der Waals surface area contributed by atoms with Gasteiger partial charge in [-0.3, -0.25) is 5.32 Å². The van der Waals surface area contributed by atoms with E-state index in [4.69, 9.17) is 19.3 Å². The van der Waals surface area contributed by atoms with Crippen LogP contribution in [0.4, 0.5) is 19.3 Å². The van der Waals surface area contributed by atoms with Gasteiger partial charge in [0.1, 0.15) is 30.1 Å². The molecule has 0 aromatic heterocycles. The summed E-state index contributed by atoms with van der Waals surface area (Å²) in [6.07, 6.45) is 6.24. The molecule has 7 nitrogen and oxygen atoms in total. The van der Waals surface area contributed by atoms with Crippen molar-refractivity contribution in [3.8, 4) is 5.75 Å². The lowest BCUT2D eigenvalue weighted by atomic mass is 9.93. The third-order valence-corrected chi connectivity index (χ3v) is 5.04. The van der Waals surface area contributed by atoms with Crippen molar-refractivity contribution in [1.29, 1.82) is 0 Å². The van der Waals surface area contributed by atoms with Crippen molar-refractivity contribution in [3.63, 3.8) is 0 Å². The van der Waals surface area contributed by atoms with Gasteiger partial charge in [0.2, 0.25) is 0 Å². The summed E-state index contributed by atoms with van der Waals surface area (Å²) in [5, 5.41) is 11.2. The van der Waals surface area contributed by atoms with Gasteiger partial charge in [0.05, 0.1) is 18.9 Å². The number of benzene rings is 2. The van der Waals surface area contributed by atoms with Crippen molar-refractivity contribution >= 4 is 17.7 Å². The molecule has 36 heavy (non-hydrogen) atoms. The Labute approximate surface area is 209 Å². The summed E-state index contributed by atoms with van der Waals surface area (Å²) in [5.74, 6) is -1.68. The molecule has 194 valence electrons. The van der Waals surface area contributed by atoms with Crippen LogP contribution in [0, 0.1) is 17.6 Å². The Balaban J connectivity index is 2.08. The topological polar surface area (TPSA) is 94.1 Å². The number of hydrogen-bond donors (Lipinski definition) is 2. The van der Waals surface area contributed by atoms with Crippen LogP contribution >= 0.6 is 0 Å². The second-order valence-electron chi connectivity index (χ2n) is 7.81. The summed E-state index contributed by atoms with van der Waals surface area (Å²) in [4.78, 5) is 23.9. The number of aliphatic hydroxyl groups excluding tert-OH is 1. The molecule has 0 aliphatic heterocycles. The van der Waals surface area contributed by atoms with Crippen molar-refractivity contribution in [2.45, 2.75) is 32.8 Å². The normalized spacial score (nSPS) is 12.9. The second-order valence-corrected chi connectivity index (χ2v) is 7.81. The van der Waals surface area contributed by atoms with Gasteiger partial charge in [0.15, 0.2) is 0 Å². The quantitative estimate of drug-likeness (QED) is 0.206. The average molecular weight is 504 g/mol. The largest absolute Gasteiger partial charge is 0.491 e. The lowest BCUT2D eigenvalue weighted by Gasteiger charge is -2.25. The number of allylic oxidation sites excluding steroid dienone is 3. The molecular formula is C27H31F2NO6. The van der Waals surface area contributed by atoms with E-state index in [0.717, 1.165) is 12.1 Å². The summed E-state index contributed by atoms with van der Waals surface area (Å²) in [5.41, 5.74) is 0.497. The maximum Gasteiger partial charge on any atom is 0.412 e. The highest BCUT2D eigenvalue weighted by Gasteiger charge is 2.24. The van der Waals surface area contributed by atoms with Crippen LogP contribution in [-0.2, 0) is 14.3 Å². The van der Waals surface area contributed by atoms with Crippen LogP contribution in [0.3, 0.4) is 0 Å². The lowest BCUT2D eigenvalue weighted by molar-refractivity contribution is -0.137. The molecule has 0 spiro atoms. The van der Waals surface area contributed by atoms with Crippen LogP contribution in [0.1, 0.15) is 38.4 Å². The molecule has 0 unspecified atom stereocenters. The number of esters is 1. The zero-order chi connectivity index (χ0) is 26.3. The SMILES string of the molecule is CCOC(=O)/C=C/C=C/CC[C@@H](C)[C@@H](OC(=O)Nc1ccc(F)cc1F)c1ccc(OCCO)cc1. The molecular weight excluding hydrogens is 472 g/mol. The Hall–Kier alpha value is -3.72. The predicted octanol–water partition coefficient (Wildman–Crippen LogP) is 5.72. The summed E-state index contributed by atoms with van der Waals surface area (Å²) >= 11 is 0. The van der Waals surface area contributed by atoms with E-state index in [1.807, 2.05) is 13.0 Å². The molecule has 0 radical (unpaired) electrons. The molecule has 2 aromatic rings. The Morgan fingerprint density at radius 1 is 1.11 bits per heavy atom. The van der Waals surface area contributed by atoms with Crippen LogP contribution in [-0.4, -0.2) is 37.0 Å². The van der Waals surface area contributed by atoms with E-state index in [1.165, 1.54) is 6.08 Å². The number of carbonyl (C=O) groups is 2. The highest BCUT2D eigenvalue weighted by atomic mass is 19.1. The minimum absolute atomic E-state index is 0.118. The molecule has 0 saturated carbocycles. The smallest absolute Gasteiger partial charge is 0.412 e. The highest BCUT2D eigenvalue weighted by Crippen LogP contribution is 2.31. The number of amides is 1. The van der Waals surface area contributed by atoms with Gasteiger partial charge in [-0.05, 0) is 55.5 Å². The predicted molar refractivity (Wildman–Crippen MR) is 132 cm³/mol. The molecule has 2 N–H and O–H groups in total. The number of halogens is 2. The number of aliphatic hydroxyl groups is 1. The van der Waals surface area contributed by atoms with Gasteiger partial charge in [0, 0.05) is 12.1 Å². The van der Waals surface area contributed by atoms with Crippen molar-refractivity contribution < 1.29 is 37.7 Å². The minimum Gasteiger partial charge on any atom is -0.491 e. The molecule has 0 bridgehead atoms. The van der Waals surface area contributed by atoms with Crippen LogP contribution in [0.15, 0.2) is 66.8 Å². The molecule has 0 aliphatic carbocycles. The maximum absolute atomic E-state index is 14.0. The van der Waals surface area contributed by atoms with Crippen LogP contribution in [0.25, 0.3) is 0 Å². The third-order valence-electron chi connectivity index (χ3n) is 5.04. The number of hydrogen-bond acceptors (Lipinski definition) is 6. The van der Waals surface area contributed by atoms with Gasteiger partial charge in [0.25, 0.3) is 0 Å². The number of nitrogens with one attached hydrogen (secondary N) is 1. The number of anilines is 1. The summed E-state index contributed by atoms with van der Waals surface area (Å²) in [6, 6.07) is 9.72. The average Bonchev–Trinajstić information content (AvgIpc) is 2.85. The zero-order valence-electron chi connectivity index (χ0n) is 20.3. The first-order chi connectivity index (χ1) is 17.3. The first-order valence-corrected chi connectivity index (χ1v) is 11.6. The van der Waals surface area contributed by atoms with Gasteiger partial charge in [-0.25, -0.2) is 18.4 Å². The molecule has 0 saturated heterocycles. The van der Waals surface area contributed by atoms with E-state index in [-0.39, 0.29) is 24.8 Å². The van der Waals surface area contributed by atoms with Gasteiger partial charge in [-0.2, -0.15) is 0 Å². The van der Waals surface area contributed by atoms with Gasteiger partial charge in [-0.1, -0.05) is 37.3 Å². The van der Waals surface area contributed by atoms with Crippen LogP contribution < -0.4 is 10.1 Å². The van der Waals surface area contributed by atoms with Crippen molar-refractivity contribution in [2.24, 2.45) is 5.92 Å². The fourth-order valence-electron chi connectivity index (χ4n) is 3.29. The molecule has 9 heteroatoms. The first-order valence-electron chi connectivity index (χ1n) is 11.6. The van der Waals surface area contributed by atoms with Gasteiger partial charge >= 0.3 is 12.1 Å². The number of rotatable bonds is 13. The number of ether oxygens (including phenoxy) is 3. The van der Waals surface area contributed by atoms with E-state index in [9.17, 15) is 18.4 Å². The highest BCUT2D eigenvalue weighted by molar-refractivity contribution is 5.85. The first kappa shape index (κ1) is 28.5. The van der Waals surface area contributed by atoms with E-state index in [2.05, 4.69) is 5.32 Å². The molecule has 0 aliphatic rings. The Morgan fingerprint density at radius 2 is 1.86 bits per heavy atom. The standard InChI is InChI=1S/C27H31F2NO6/c1-3-34-25(32)9-7-5-4-6-8-19(2)26(20-10-13-22(14-11-20)35-17-16-31)36-27(33)30-24-15-12-21(28)18-23(24)29/h4-5,7,9-15,18-19,26,31H,3,6,8,16-17H2,1-2H3,(H,30,33)/b5-4+,9-7+/t19-,26-/m1/s1. The lowest BCUT2D eigenvalue weighted by Crippen LogP contribution is -2.22. The summed E-state index contributed by atoms with van der Waals surface area (Å²) < 4.78 is 43.0. The molecule has 0 fully saturated rings. The van der Waals surface area contributed by atoms with Crippen molar-refractivity contribution in [3.05, 3.63) is 84.0 Å². The Kier molecular flexibility index (Phi) is 12.1. The second kappa shape index (κ2) is 15.3. The third kappa shape index (κ3) is 9.87.